The number of aromatic nitrogens is 2. The maximum absolute atomic E-state index is 13.3. The van der Waals surface area contributed by atoms with Crippen molar-refractivity contribution in [1.82, 2.24) is 25.9 Å². The number of benzene rings is 1. The molecule has 1 heterocycles. The van der Waals surface area contributed by atoms with Crippen LogP contribution in [0.25, 0.3) is 0 Å². The SMILES string of the molecule is CC(C)C[C@H](NC(=O)[C@H](CCC(=O)O)NC(=O)[C@H](Cc1cnc[nH]1)NC(=O)[C@@H](N)Cc1ccc(O)cc1)C(=O)O. The van der Waals surface area contributed by atoms with E-state index >= 15 is 0 Å². The fraction of sp³-hybridized carbons (Fsp3) is 0.462. The Labute approximate surface area is 230 Å². The molecule has 0 unspecified atom stereocenters. The van der Waals surface area contributed by atoms with Crippen molar-refractivity contribution in [3.63, 3.8) is 0 Å². The van der Waals surface area contributed by atoms with E-state index < -0.39 is 60.2 Å². The van der Waals surface area contributed by atoms with Crippen LogP contribution in [-0.2, 0) is 36.8 Å². The number of carboxylic acids is 2. The Balaban J connectivity index is 2.19. The van der Waals surface area contributed by atoms with Crippen molar-refractivity contribution in [1.29, 1.82) is 0 Å². The van der Waals surface area contributed by atoms with Gasteiger partial charge in [0.2, 0.25) is 17.7 Å². The highest BCUT2D eigenvalue weighted by Gasteiger charge is 2.31. The van der Waals surface area contributed by atoms with Crippen LogP contribution in [0.15, 0.2) is 36.8 Å². The number of H-pyrrole nitrogens is 1. The van der Waals surface area contributed by atoms with Crippen molar-refractivity contribution in [2.75, 3.05) is 0 Å². The van der Waals surface area contributed by atoms with Gasteiger partial charge in [-0.25, -0.2) is 9.78 Å². The number of hydrogen-bond donors (Lipinski definition) is 8. The molecule has 4 atom stereocenters. The van der Waals surface area contributed by atoms with Gasteiger partial charge in [-0.15, -0.1) is 0 Å². The lowest BCUT2D eigenvalue weighted by atomic mass is 10.0. The maximum Gasteiger partial charge on any atom is 0.326 e. The highest BCUT2D eigenvalue weighted by atomic mass is 16.4. The lowest BCUT2D eigenvalue weighted by Crippen LogP contribution is -2.58. The van der Waals surface area contributed by atoms with E-state index in [0.29, 0.717) is 11.3 Å². The summed E-state index contributed by atoms with van der Waals surface area (Å²) < 4.78 is 0. The van der Waals surface area contributed by atoms with Crippen LogP contribution in [0.5, 0.6) is 5.75 Å². The molecule has 2 aromatic rings. The number of rotatable bonds is 16. The largest absolute Gasteiger partial charge is 0.508 e. The van der Waals surface area contributed by atoms with Crippen molar-refractivity contribution in [3.05, 3.63) is 48.0 Å². The van der Waals surface area contributed by atoms with Crippen molar-refractivity contribution < 1.29 is 39.3 Å². The Morgan fingerprint density at radius 1 is 0.900 bits per heavy atom. The molecule has 0 bridgehead atoms. The van der Waals surface area contributed by atoms with E-state index in [9.17, 15) is 34.2 Å². The molecule has 40 heavy (non-hydrogen) atoms. The molecule has 0 saturated heterocycles. The highest BCUT2D eigenvalue weighted by molar-refractivity contribution is 5.94. The molecule has 0 spiro atoms. The molecule has 2 rings (SSSR count). The van der Waals surface area contributed by atoms with Crippen LogP contribution in [0.2, 0.25) is 0 Å². The summed E-state index contributed by atoms with van der Waals surface area (Å²) in [6.07, 6.45) is 2.22. The van der Waals surface area contributed by atoms with E-state index in [1.165, 1.54) is 24.7 Å². The lowest BCUT2D eigenvalue weighted by Gasteiger charge is -2.25. The number of nitrogens with two attached hydrogens (primary N) is 1. The van der Waals surface area contributed by atoms with Gasteiger partial charge in [0.25, 0.3) is 0 Å². The van der Waals surface area contributed by atoms with Gasteiger partial charge in [-0.3, -0.25) is 19.2 Å². The first kappa shape index (κ1) is 31.8. The molecule has 0 aliphatic carbocycles. The average molecular weight is 561 g/mol. The molecule has 1 aromatic heterocycles. The molecule has 0 saturated carbocycles. The van der Waals surface area contributed by atoms with Gasteiger partial charge in [0.05, 0.1) is 12.4 Å². The van der Waals surface area contributed by atoms with E-state index in [1.807, 2.05) is 0 Å². The number of phenols is 1. The second-order valence-electron chi connectivity index (χ2n) is 9.84. The predicted octanol–water partition coefficient (Wildman–Crippen LogP) is -0.322. The minimum atomic E-state index is -1.38. The topological polar surface area (TPSA) is 237 Å². The molecule has 1 aromatic carbocycles. The molecule has 0 fully saturated rings. The minimum Gasteiger partial charge on any atom is -0.508 e. The summed E-state index contributed by atoms with van der Waals surface area (Å²) >= 11 is 0. The van der Waals surface area contributed by atoms with E-state index in [4.69, 9.17) is 10.8 Å². The van der Waals surface area contributed by atoms with Crippen LogP contribution >= 0.6 is 0 Å². The number of imidazole rings is 1. The van der Waals surface area contributed by atoms with E-state index in [2.05, 4.69) is 25.9 Å². The first-order valence-electron chi connectivity index (χ1n) is 12.7. The third-order valence-electron chi connectivity index (χ3n) is 5.94. The Morgan fingerprint density at radius 3 is 2.05 bits per heavy atom. The van der Waals surface area contributed by atoms with Gasteiger partial charge in [-0.1, -0.05) is 26.0 Å². The van der Waals surface area contributed by atoms with Crippen LogP contribution < -0.4 is 21.7 Å². The third kappa shape index (κ3) is 10.7. The smallest absolute Gasteiger partial charge is 0.326 e. The van der Waals surface area contributed by atoms with Gasteiger partial charge in [-0.2, -0.15) is 0 Å². The number of amides is 3. The van der Waals surface area contributed by atoms with Crippen LogP contribution in [0.3, 0.4) is 0 Å². The lowest BCUT2D eigenvalue weighted by molar-refractivity contribution is -0.143. The number of aliphatic carboxylic acids is 2. The standard InChI is InChI=1S/C26H36N6O8/c1-14(2)9-21(26(39)40)32-24(37)19(7-8-22(34)35)30-25(38)20(11-16-12-28-13-29-16)31-23(36)18(27)10-15-3-5-17(33)6-4-15/h3-6,12-14,18-21,33H,7-11,27H2,1-2H3,(H,28,29)(H,30,38)(H,31,36)(H,32,37)(H,34,35)(H,39,40)/t18-,19-,20-,21-/m0/s1. The summed E-state index contributed by atoms with van der Waals surface area (Å²) in [6.45, 7) is 3.56. The summed E-state index contributed by atoms with van der Waals surface area (Å²) in [7, 11) is 0. The van der Waals surface area contributed by atoms with Crippen LogP contribution in [0.1, 0.15) is 44.4 Å². The number of nitrogens with one attached hydrogen (secondary N) is 4. The van der Waals surface area contributed by atoms with Crippen molar-refractivity contribution in [2.45, 2.75) is 70.1 Å². The number of carbonyl (C=O) groups excluding carboxylic acids is 3. The number of carbonyl (C=O) groups is 5. The second kappa shape index (κ2) is 15.2. The molecular formula is C26H36N6O8. The normalized spacial score (nSPS) is 14.0. The van der Waals surface area contributed by atoms with Crippen molar-refractivity contribution in [2.24, 2.45) is 11.7 Å². The molecule has 14 heteroatoms. The number of phenolic OH excluding ortho intramolecular Hbond substituents is 1. The summed E-state index contributed by atoms with van der Waals surface area (Å²) in [4.78, 5) is 68.7. The third-order valence-corrected chi connectivity index (χ3v) is 5.94. The van der Waals surface area contributed by atoms with Gasteiger partial charge in [0.15, 0.2) is 0 Å². The minimum absolute atomic E-state index is 0.0537. The molecule has 14 nitrogen and oxygen atoms in total. The molecule has 3 amide bonds. The van der Waals surface area contributed by atoms with Crippen LogP contribution in [0, 0.1) is 5.92 Å². The number of aromatic hydroxyl groups is 1. The molecule has 9 N–H and O–H groups in total. The zero-order chi connectivity index (χ0) is 29.8. The fourth-order valence-corrected chi connectivity index (χ4v) is 3.86. The predicted molar refractivity (Wildman–Crippen MR) is 142 cm³/mol. The van der Waals surface area contributed by atoms with Crippen LogP contribution in [-0.4, -0.2) is 79.1 Å². The number of carboxylic acid groups (broad SMARTS) is 2. The van der Waals surface area contributed by atoms with Gasteiger partial charge in [0, 0.05) is 24.7 Å². The Hall–Kier alpha value is -4.46. The zero-order valence-corrected chi connectivity index (χ0v) is 22.3. The Kier molecular flexibility index (Phi) is 12.1. The summed E-state index contributed by atoms with van der Waals surface area (Å²) in [5.74, 6) is -4.82. The molecule has 0 aliphatic rings. The number of nitrogens with zero attached hydrogens (tertiary/aromatic N) is 1. The summed E-state index contributed by atoms with van der Waals surface area (Å²) in [5, 5.41) is 35.4. The van der Waals surface area contributed by atoms with Gasteiger partial charge in [0.1, 0.15) is 23.9 Å². The van der Waals surface area contributed by atoms with Crippen molar-refractivity contribution in [3.8, 4) is 5.75 Å². The highest BCUT2D eigenvalue weighted by Crippen LogP contribution is 2.12. The van der Waals surface area contributed by atoms with Gasteiger partial charge in [-0.05, 0) is 42.9 Å². The van der Waals surface area contributed by atoms with Gasteiger partial charge >= 0.3 is 11.9 Å². The summed E-state index contributed by atoms with van der Waals surface area (Å²) in [5.41, 5.74) is 7.21. The average Bonchev–Trinajstić information content (AvgIpc) is 3.39. The Bertz CT molecular complexity index is 1150. The number of aromatic amines is 1. The molecule has 0 radical (unpaired) electrons. The Morgan fingerprint density at radius 2 is 1.50 bits per heavy atom. The molecule has 0 aliphatic heterocycles. The maximum atomic E-state index is 13.3. The van der Waals surface area contributed by atoms with Crippen LogP contribution in [0.4, 0.5) is 0 Å². The van der Waals surface area contributed by atoms with E-state index in [-0.39, 0.29) is 37.4 Å². The zero-order valence-electron chi connectivity index (χ0n) is 22.3. The number of hydrogen-bond acceptors (Lipinski definition) is 8. The molecule has 218 valence electrons. The van der Waals surface area contributed by atoms with E-state index in [1.54, 1.807) is 26.0 Å². The van der Waals surface area contributed by atoms with Crippen molar-refractivity contribution >= 4 is 29.7 Å². The van der Waals surface area contributed by atoms with Gasteiger partial charge < -0.3 is 42.0 Å². The van der Waals surface area contributed by atoms with E-state index in [0.717, 1.165) is 0 Å². The quantitative estimate of drug-likeness (QED) is 0.133. The first-order chi connectivity index (χ1) is 18.8. The first-order valence-corrected chi connectivity index (χ1v) is 12.7. The molecular weight excluding hydrogens is 524 g/mol. The second-order valence-corrected chi connectivity index (χ2v) is 9.84. The fourth-order valence-electron chi connectivity index (χ4n) is 3.86. The monoisotopic (exact) mass is 560 g/mol. The summed E-state index contributed by atoms with van der Waals surface area (Å²) in [6, 6.07) is 1.20.